The molecule has 0 radical (unpaired) electrons. The topological polar surface area (TPSA) is 76.1 Å². The smallest absolute Gasteiger partial charge is 0.276 e. The lowest BCUT2D eigenvalue weighted by atomic mass is 10.2. The van der Waals surface area contributed by atoms with Crippen LogP contribution in [0.4, 0.5) is 17.2 Å². The summed E-state index contributed by atoms with van der Waals surface area (Å²) in [5, 5.41) is 14.0. The maximum atomic E-state index is 12.3. The van der Waals surface area contributed by atoms with Crippen molar-refractivity contribution in [3.05, 3.63) is 71.9 Å². The predicted octanol–water partition coefficient (Wildman–Crippen LogP) is 3.79. The number of nitrogens with zero attached hydrogens (tertiary/aromatic N) is 2. The Morgan fingerprint density at radius 2 is 1.64 bits per heavy atom. The predicted molar refractivity (Wildman–Crippen MR) is 97.4 cm³/mol. The minimum absolute atomic E-state index is 0.223. The standard InChI is InChI=1S/C19H18N4O2/c1-13-7-3-4-8-14(13)20-18-12-11-16(22-23-18)19(24)21-15-9-5-6-10-17(15)25-2/h3-12H,1-2H3,(H,20,23)(H,21,24). The average molecular weight is 334 g/mol. The normalized spacial score (nSPS) is 10.2. The zero-order valence-corrected chi connectivity index (χ0v) is 14.0. The Morgan fingerprint density at radius 1 is 0.920 bits per heavy atom. The number of carbonyl (C=O) groups excluding carboxylic acids is 1. The van der Waals surface area contributed by atoms with E-state index in [0.717, 1.165) is 11.3 Å². The molecule has 2 N–H and O–H groups in total. The summed E-state index contributed by atoms with van der Waals surface area (Å²) in [7, 11) is 1.55. The number of aromatic nitrogens is 2. The summed E-state index contributed by atoms with van der Waals surface area (Å²) in [6, 6.07) is 18.4. The first kappa shape index (κ1) is 16.4. The number of anilines is 3. The van der Waals surface area contributed by atoms with Gasteiger partial charge in [0.05, 0.1) is 12.8 Å². The third kappa shape index (κ3) is 3.92. The third-order valence-electron chi connectivity index (χ3n) is 3.66. The second-order valence-electron chi connectivity index (χ2n) is 5.40. The van der Waals surface area contributed by atoms with E-state index in [0.29, 0.717) is 17.3 Å². The van der Waals surface area contributed by atoms with E-state index < -0.39 is 0 Å². The van der Waals surface area contributed by atoms with Gasteiger partial charge in [-0.1, -0.05) is 30.3 Å². The van der Waals surface area contributed by atoms with Crippen LogP contribution in [0.15, 0.2) is 60.7 Å². The Balaban J connectivity index is 1.71. The minimum atomic E-state index is -0.348. The van der Waals surface area contributed by atoms with Gasteiger partial charge in [0.2, 0.25) is 0 Å². The van der Waals surface area contributed by atoms with Crippen LogP contribution in [0, 0.1) is 6.92 Å². The summed E-state index contributed by atoms with van der Waals surface area (Å²) in [6.07, 6.45) is 0. The largest absolute Gasteiger partial charge is 0.495 e. The highest BCUT2D eigenvalue weighted by Gasteiger charge is 2.11. The Bertz CT molecular complexity index is 879. The fourth-order valence-electron chi connectivity index (χ4n) is 2.31. The molecule has 0 saturated carbocycles. The van der Waals surface area contributed by atoms with Gasteiger partial charge in [0.25, 0.3) is 5.91 Å². The van der Waals surface area contributed by atoms with Crippen LogP contribution in [0.3, 0.4) is 0 Å². The van der Waals surface area contributed by atoms with E-state index in [1.807, 2.05) is 43.3 Å². The highest BCUT2D eigenvalue weighted by atomic mass is 16.5. The van der Waals surface area contributed by atoms with Crippen molar-refractivity contribution in [2.45, 2.75) is 6.92 Å². The first-order valence-corrected chi connectivity index (χ1v) is 7.78. The molecular formula is C19H18N4O2. The van der Waals surface area contributed by atoms with E-state index in [-0.39, 0.29) is 11.6 Å². The molecule has 0 spiro atoms. The van der Waals surface area contributed by atoms with E-state index in [1.54, 1.807) is 31.4 Å². The first-order chi connectivity index (χ1) is 12.2. The van der Waals surface area contributed by atoms with Crippen LogP contribution in [0.5, 0.6) is 5.75 Å². The maximum absolute atomic E-state index is 12.3. The van der Waals surface area contributed by atoms with Crippen molar-refractivity contribution in [1.29, 1.82) is 0 Å². The van der Waals surface area contributed by atoms with Gasteiger partial charge in [-0.3, -0.25) is 4.79 Å². The summed E-state index contributed by atoms with van der Waals surface area (Å²) < 4.78 is 5.22. The number of benzene rings is 2. The summed E-state index contributed by atoms with van der Waals surface area (Å²) >= 11 is 0. The molecule has 2 aromatic carbocycles. The zero-order chi connectivity index (χ0) is 17.6. The number of ether oxygens (including phenoxy) is 1. The average Bonchev–Trinajstić information content (AvgIpc) is 2.64. The maximum Gasteiger partial charge on any atom is 0.276 e. The van der Waals surface area contributed by atoms with Crippen molar-refractivity contribution < 1.29 is 9.53 Å². The van der Waals surface area contributed by atoms with Gasteiger partial charge in [-0.15, -0.1) is 10.2 Å². The summed E-state index contributed by atoms with van der Waals surface area (Å²) in [5.74, 6) is 0.809. The molecule has 0 aliphatic rings. The Hall–Kier alpha value is -3.41. The summed E-state index contributed by atoms with van der Waals surface area (Å²) in [4.78, 5) is 12.3. The number of hydrogen-bond donors (Lipinski definition) is 2. The Kier molecular flexibility index (Phi) is 4.89. The molecule has 3 aromatic rings. The molecule has 126 valence electrons. The van der Waals surface area contributed by atoms with Gasteiger partial charge < -0.3 is 15.4 Å². The molecule has 6 nitrogen and oxygen atoms in total. The molecule has 0 atom stereocenters. The fraction of sp³-hybridized carbons (Fsp3) is 0.105. The lowest BCUT2D eigenvalue weighted by molar-refractivity contribution is 0.102. The van der Waals surface area contributed by atoms with Crippen molar-refractivity contribution in [2.24, 2.45) is 0 Å². The molecule has 1 aromatic heterocycles. The van der Waals surface area contributed by atoms with Crippen LogP contribution >= 0.6 is 0 Å². The van der Waals surface area contributed by atoms with Gasteiger partial charge in [-0.05, 0) is 42.8 Å². The summed E-state index contributed by atoms with van der Waals surface area (Å²) in [6.45, 7) is 2.00. The Labute approximate surface area is 145 Å². The van der Waals surface area contributed by atoms with E-state index in [9.17, 15) is 4.79 Å². The van der Waals surface area contributed by atoms with Crippen molar-refractivity contribution in [1.82, 2.24) is 10.2 Å². The molecule has 1 amide bonds. The van der Waals surface area contributed by atoms with Crippen LogP contribution in [-0.2, 0) is 0 Å². The number of amides is 1. The zero-order valence-electron chi connectivity index (χ0n) is 14.0. The van der Waals surface area contributed by atoms with Crippen molar-refractivity contribution in [2.75, 3.05) is 17.7 Å². The van der Waals surface area contributed by atoms with Gasteiger partial charge >= 0.3 is 0 Å². The number of para-hydroxylation sites is 3. The number of aryl methyl sites for hydroxylation is 1. The van der Waals surface area contributed by atoms with E-state index in [2.05, 4.69) is 20.8 Å². The van der Waals surface area contributed by atoms with Crippen molar-refractivity contribution >= 4 is 23.1 Å². The minimum Gasteiger partial charge on any atom is -0.495 e. The van der Waals surface area contributed by atoms with Crippen LogP contribution < -0.4 is 15.4 Å². The molecule has 0 aliphatic carbocycles. The van der Waals surface area contributed by atoms with Crippen LogP contribution in [-0.4, -0.2) is 23.2 Å². The summed E-state index contributed by atoms with van der Waals surface area (Å²) in [5.41, 5.74) is 2.85. The molecule has 6 heteroatoms. The van der Waals surface area contributed by atoms with Crippen LogP contribution in [0.1, 0.15) is 16.1 Å². The molecule has 0 unspecified atom stereocenters. The number of hydrogen-bond acceptors (Lipinski definition) is 5. The van der Waals surface area contributed by atoms with Crippen LogP contribution in [0.25, 0.3) is 0 Å². The Morgan fingerprint density at radius 3 is 2.32 bits per heavy atom. The monoisotopic (exact) mass is 334 g/mol. The van der Waals surface area contributed by atoms with Gasteiger partial charge in [0, 0.05) is 5.69 Å². The highest BCUT2D eigenvalue weighted by molar-refractivity contribution is 6.03. The number of rotatable bonds is 5. The number of carbonyl (C=O) groups is 1. The van der Waals surface area contributed by atoms with Gasteiger partial charge in [-0.2, -0.15) is 0 Å². The second-order valence-corrected chi connectivity index (χ2v) is 5.40. The SMILES string of the molecule is COc1ccccc1NC(=O)c1ccc(Nc2ccccc2C)nn1. The fourth-order valence-corrected chi connectivity index (χ4v) is 2.31. The van der Waals surface area contributed by atoms with Crippen molar-refractivity contribution in [3.63, 3.8) is 0 Å². The van der Waals surface area contributed by atoms with E-state index in [4.69, 9.17) is 4.74 Å². The number of methoxy groups -OCH3 is 1. The molecule has 0 aliphatic heterocycles. The lowest BCUT2D eigenvalue weighted by Gasteiger charge is -2.10. The molecule has 3 rings (SSSR count). The molecule has 25 heavy (non-hydrogen) atoms. The molecule has 0 saturated heterocycles. The highest BCUT2D eigenvalue weighted by Crippen LogP contribution is 2.23. The van der Waals surface area contributed by atoms with Crippen molar-refractivity contribution in [3.8, 4) is 5.75 Å². The van der Waals surface area contributed by atoms with Gasteiger partial charge in [0.15, 0.2) is 11.5 Å². The molecular weight excluding hydrogens is 316 g/mol. The lowest BCUT2D eigenvalue weighted by Crippen LogP contribution is -2.15. The van der Waals surface area contributed by atoms with E-state index >= 15 is 0 Å². The quantitative estimate of drug-likeness (QED) is 0.742. The van der Waals surface area contributed by atoms with Crippen LogP contribution in [0.2, 0.25) is 0 Å². The number of nitrogens with one attached hydrogen (secondary N) is 2. The third-order valence-corrected chi connectivity index (χ3v) is 3.66. The molecule has 0 fully saturated rings. The van der Waals surface area contributed by atoms with Gasteiger partial charge in [-0.25, -0.2) is 0 Å². The molecule has 1 heterocycles. The van der Waals surface area contributed by atoms with Gasteiger partial charge in [0.1, 0.15) is 5.75 Å². The van der Waals surface area contributed by atoms with E-state index in [1.165, 1.54) is 0 Å². The first-order valence-electron chi connectivity index (χ1n) is 7.78. The second kappa shape index (κ2) is 7.44. The molecule has 0 bridgehead atoms.